The first-order chi connectivity index (χ1) is 7.70. The molecule has 6 heteroatoms. The lowest BCUT2D eigenvalue weighted by Gasteiger charge is -1.97. The summed E-state index contributed by atoms with van der Waals surface area (Å²) in [6.07, 6.45) is 0. The Balaban J connectivity index is 2.31. The van der Waals surface area contributed by atoms with E-state index in [1.165, 1.54) is 0 Å². The molecule has 0 aliphatic carbocycles. The molecule has 0 spiro atoms. The maximum Gasteiger partial charge on any atom is 0.247 e. The number of rotatable bonds is 3. The van der Waals surface area contributed by atoms with Gasteiger partial charge in [0.25, 0.3) is 0 Å². The second kappa shape index (κ2) is 4.82. The van der Waals surface area contributed by atoms with Crippen molar-refractivity contribution in [1.82, 2.24) is 15.5 Å². The van der Waals surface area contributed by atoms with Crippen LogP contribution in [0.2, 0.25) is 10.0 Å². The van der Waals surface area contributed by atoms with E-state index in [-0.39, 0.29) is 0 Å². The van der Waals surface area contributed by atoms with Crippen LogP contribution in [-0.4, -0.2) is 17.2 Å². The summed E-state index contributed by atoms with van der Waals surface area (Å²) in [6.45, 7) is 0.536. The number of halogens is 2. The average Bonchev–Trinajstić information content (AvgIpc) is 2.71. The van der Waals surface area contributed by atoms with Gasteiger partial charge in [0.1, 0.15) is 0 Å². The van der Waals surface area contributed by atoms with Crippen LogP contribution in [0.25, 0.3) is 11.5 Å². The summed E-state index contributed by atoms with van der Waals surface area (Å²) >= 11 is 11.7. The van der Waals surface area contributed by atoms with Gasteiger partial charge >= 0.3 is 0 Å². The van der Waals surface area contributed by atoms with Gasteiger partial charge in [-0.05, 0) is 25.2 Å². The largest absolute Gasteiger partial charge is 0.419 e. The van der Waals surface area contributed by atoms with Gasteiger partial charge in [0.15, 0.2) is 0 Å². The van der Waals surface area contributed by atoms with Crippen LogP contribution in [0.3, 0.4) is 0 Å². The maximum absolute atomic E-state index is 5.90. The Morgan fingerprint density at radius 1 is 1.25 bits per heavy atom. The molecule has 1 N–H and O–H groups in total. The van der Waals surface area contributed by atoms with Crippen molar-refractivity contribution < 1.29 is 4.42 Å². The fraction of sp³-hybridized carbons (Fsp3) is 0.200. The third-order valence-corrected chi connectivity index (χ3v) is 2.70. The van der Waals surface area contributed by atoms with Crippen molar-refractivity contribution in [2.24, 2.45) is 0 Å². The first-order valence-electron chi connectivity index (χ1n) is 4.63. The monoisotopic (exact) mass is 257 g/mol. The molecule has 0 unspecified atom stereocenters. The molecule has 0 radical (unpaired) electrons. The second-order valence-electron chi connectivity index (χ2n) is 3.16. The Labute approximate surface area is 103 Å². The van der Waals surface area contributed by atoms with Gasteiger partial charge in [0.2, 0.25) is 11.8 Å². The normalized spacial score (nSPS) is 10.7. The van der Waals surface area contributed by atoms with Crippen LogP contribution in [0.1, 0.15) is 5.89 Å². The topological polar surface area (TPSA) is 51.0 Å². The lowest BCUT2D eigenvalue weighted by Crippen LogP contribution is -2.04. The minimum atomic E-state index is 0.434. The second-order valence-corrected chi connectivity index (χ2v) is 3.97. The van der Waals surface area contributed by atoms with Crippen molar-refractivity contribution in [1.29, 1.82) is 0 Å². The lowest BCUT2D eigenvalue weighted by molar-refractivity contribution is 0.490. The molecule has 4 nitrogen and oxygen atoms in total. The smallest absolute Gasteiger partial charge is 0.247 e. The van der Waals surface area contributed by atoms with Gasteiger partial charge in [0, 0.05) is 5.56 Å². The van der Waals surface area contributed by atoms with Gasteiger partial charge in [-0.25, -0.2) is 0 Å². The van der Waals surface area contributed by atoms with Crippen molar-refractivity contribution in [3.05, 3.63) is 34.1 Å². The number of aromatic nitrogens is 2. The molecule has 0 saturated heterocycles. The van der Waals surface area contributed by atoms with E-state index in [1.54, 1.807) is 18.2 Å². The molecule has 2 aromatic rings. The fourth-order valence-electron chi connectivity index (χ4n) is 1.22. The summed E-state index contributed by atoms with van der Waals surface area (Å²) in [6, 6.07) is 5.17. The predicted molar refractivity (Wildman–Crippen MR) is 62.5 cm³/mol. The van der Waals surface area contributed by atoms with Crippen LogP contribution in [0.4, 0.5) is 0 Å². The maximum atomic E-state index is 5.90. The number of nitrogens with zero attached hydrogens (tertiary/aromatic N) is 2. The van der Waals surface area contributed by atoms with Gasteiger partial charge in [-0.15, -0.1) is 10.2 Å². The van der Waals surface area contributed by atoms with Crippen molar-refractivity contribution in [2.45, 2.75) is 6.54 Å². The molecule has 16 heavy (non-hydrogen) atoms. The molecule has 0 aliphatic rings. The number of hydrogen-bond acceptors (Lipinski definition) is 4. The molecule has 0 saturated carbocycles. The van der Waals surface area contributed by atoms with E-state index < -0.39 is 0 Å². The average molecular weight is 258 g/mol. The Bertz CT molecular complexity index is 499. The van der Waals surface area contributed by atoms with Crippen molar-refractivity contribution in [2.75, 3.05) is 7.05 Å². The third-order valence-electron chi connectivity index (χ3n) is 1.96. The van der Waals surface area contributed by atoms with E-state index in [2.05, 4.69) is 15.5 Å². The highest BCUT2D eigenvalue weighted by Crippen LogP contribution is 2.27. The Morgan fingerprint density at radius 3 is 2.75 bits per heavy atom. The molecule has 1 aromatic carbocycles. The molecule has 0 aliphatic heterocycles. The first kappa shape index (κ1) is 11.4. The standard InChI is InChI=1S/C10H9Cl2N3O/c1-13-5-9-14-15-10(16-9)6-2-3-7(11)8(12)4-6/h2-4,13H,5H2,1H3. The summed E-state index contributed by atoms with van der Waals surface area (Å²) in [4.78, 5) is 0. The van der Waals surface area contributed by atoms with Gasteiger partial charge < -0.3 is 9.73 Å². The predicted octanol–water partition coefficient (Wildman–Crippen LogP) is 2.76. The van der Waals surface area contributed by atoms with Crippen LogP contribution in [0, 0.1) is 0 Å². The zero-order valence-corrected chi connectivity index (χ0v) is 10.0. The zero-order valence-electron chi connectivity index (χ0n) is 8.50. The van der Waals surface area contributed by atoms with Crippen LogP contribution >= 0.6 is 23.2 Å². The number of benzene rings is 1. The molecule has 0 amide bonds. The highest BCUT2D eigenvalue weighted by Gasteiger charge is 2.09. The molecule has 0 atom stereocenters. The molecule has 2 rings (SSSR count). The Kier molecular flexibility index (Phi) is 3.43. The molecule has 84 valence electrons. The lowest BCUT2D eigenvalue weighted by atomic mass is 10.2. The summed E-state index contributed by atoms with van der Waals surface area (Å²) < 4.78 is 5.42. The van der Waals surface area contributed by atoms with Crippen LogP contribution in [0.15, 0.2) is 22.6 Å². The summed E-state index contributed by atoms with van der Waals surface area (Å²) in [5.41, 5.74) is 0.754. The minimum Gasteiger partial charge on any atom is -0.419 e. The van der Waals surface area contributed by atoms with E-state index >= 15 is 0 Å². The number of hydrogen-bond donors (Lipinski definition) is 1. The van der Waals surface area contributed by atoms with Crippen molar-refractivity contribution in [3.8, 4) is 11.5 Å². The molecule has 1 aromatic heterocycles. The third kappa shape index (κ3) is 2.35. The van der Waals surface area contributed by atoms with Gasteiger partial charge in [-0.2, -0.15) is 0 Å². The Hall–Kier alpha value is -1.10. The molecule has 0 bridgehead atoms. The van der Waals surface area contributed by atoms with Gasteiger partial charge in [0.05, 0.1) is 16.6 Å². The summed E-state index contributed by atoms with van der Waals surface area (Å²) in [5, 5.41) is 11.7. The van der Waals surface area contributed by atoms with E-state index in [0.29, 0.717) is 28.4 Å². The van der Waals surface area contributed by atoms with Crippen molar-refractivity contribution in [3.63, 3.8) is 0 Å². The van der Waals surface area contributed by atoms with Crippen LogP contribution in [-0.2, 0) is 6.54 Å². The van der Waals surface area contributed by atoms with Crippen molar-refractivity contribution >= 4 is 23.2 Å². The van der Waals surface area contributed by atoms with E-state index in [4.69, 9.17) is 27.6 Å². The quantitative estimate of drug-likeness (QED) is 0.919. The van der Waals surface area contributed by atoms with E-state index in [0.717, 1.165) is 5.56 Å². The summed E-state index contributed by atoms with van der Waals surface area (Å²) in [5.74, 6) is 0.965. The highest BCUT2D eigenvalue weighted by atomic mass is 35.5. The molecular weight excluding hydrogens is 249 g/mol. The van der Waals surface area contributed by atoms with Gasteiger partial charge in [-0.1, -0.05) is 23.2 Å². The molecular formula is C10H9Cl2N3O. The summed E-state index contributed by atoms with van der Waals surface area (Å²) in [7, 11) is 1.81. The first-order valence-corrected chi connectivity index (χ1v) is 5.38. The number of nitrogens with one attached hydrogen (secondary N) is 1. The van der Waals surface area contributed by atoms with Crippen LogP contribution < -0.4 is 5.32 Å². The van der Waals surface area contributed by atoms with E-state index in [1.807, 2.05) is 7.05 Å². The fourth-order valence-corrected chi connectivity index (χ4v) is 1.52. The Morgan fingerprint density at radius 2 is 2.06 bits per heavy atom. The minimum absolute atomic E-state index is 0.434. The zero-order chi connectivity index (χ0) is 11.5. The highest BCUT2D eigenvalue weighted by molar-refractivity contribution is 6.42. The SMILES string of the molecule is CNCc1nnc(-c2ccc(Cl)c(Cl)c2)o1. The van der Waals surface area contributed by atoms with Crippen LogP contribution in [0.5, 0.6) is 0 Å². The van der Waals surface area contributed by atoms with E-state index in [9.17, 15) is 0 Å². The molecule has 1 heterocycles. The molecule has 0 fully saturated rings. The van der Waals surface area contributed by atoms with Gasteiger partial charge in [-0.3, -0.25) is 0 Å².